The molecule has 1 fully saturated rings. The van der Waals surface area contributed by atoms with Gasteiger partial charge in [0.05, 0.1) is 11.4 Å². The van der Waals surface area contributed by atoms with Crippen LogP contribution in [0.2, 0.25) is 0 Å². The minimum Gasteiger partial charge on any atom is -0.488 e. The highest BCUT2D eigenvalue weighted by Crippen LogP contribution is 2.33. The fourth-order valence-corrected chi connectivity index (χ4v) is 3.16. The summed E-state index contributed by atoms with van der Waals surface area (Å²) in [7, 11) is 0. The quantitative estimate of drug-likeness (QED) is 0.606. The highest BCUT2D eigenvalue weighted by atomic mass is 32.2. The summed E-state index contributed by atoms with van der Waals surface area (Å²) in [5.74, 6) is 2.60. The molecule has 5 heteroatoms. The van der Waals surface area contributed by atoms with Crippen LogP contribution in [0.4, 0.5) is 4.79 Å². The summed E-state index contributed by atoms with van der Waals surface area (Å²) in [4.78, 5) is 25.6. The Kier molecular flexibility index (Phi) is 5.22. The Morgan fingerprint density at radius 2 is 1.80 bits per heavy atom. The minimum atomic E-state index is -0.370. The number of rotatable bonds is 5. The number of nitrogens with zero attached hydrogens (tertiary/aromatic N) is 1. The minimum absolute atomic E-state index is 0.0197. The number of carbonyl (C=O) groups is 2. The molecule has 0 aromatic heterocycles. The molecule has 2 amide bonds. The van der Waals surface area contributed by atoms with Gasteiger partial charge in [0.15, 0.2) is 0 Å². The molecule has 3 rings (SSSR count). The van der Waals surface area contributed by atoms with Gasteiger partial charge in [-0.2, -0.15) is 0 Å². The zero-order chi connectivity index (χ0) is 17.6. The molecule has 0 spiro atoms. The molecule has 1 aliphatic rings. The molecule has 25 heavy (non-hydrogen) atoms. The summed E-state index contributed by atoms with van der Waals surface area (Å²) in [5, 5.41) is -0.350. The van der Waals surface area contributed by atoms with E-state index in [2.05, 4.69) is 5.92 Å². The van der Waals surface area contributed by atoms with Crippen molar-refractivity contribution in [3.8, 4) is 18.1 Å². The molecule has 1 heterocycles. The van der Waals surface area contributed by atoms with Gasteiger partial charge in [0, 0.05) is 5.56 Å². The fraction of sp³-hybridized carbons (Fsp3) is 0.100. The first-order chi connectivity index (χ1) is 12.2. The maximum Gasteiger partial charge on any atom is 0.294 e. The highest BCUT2D eigenvalue weighted by Gasteiger charge is 2.34. The second-order valence-electron chi connectivity index (χ2n) is 5.28. The van der Waals surface area contributed by atoms with Gasteiger partial charge in [-0.3, -0.25) is 14.5 Å². The summed E-state index contributed by atoms with van der Waals surface area (Å²) >= 11 is 0.887. The molecule has 0 unspecified atom stereocenters. The summed E-state index contributed by atoms with van der Waals surface area (Å²) in [6.07, 6.45) is 6.87. The number of hydrogen-bond acceptors (Lipinski definition) is 4. The molecule has 0 saturated carbocycles. The molecular weight excluding hydrogens is 334 g/mol. The third kappa shape index (κ3) is 3.93. The van der Waals surface area contributed by atoms with Crippen LogP contribution in [0.1, 0.15) is 11.1 Å². The van der Waals surface area contributed by atoms with Crippen LogP contribution in [0.25, 0.3) is 6.08 Å². The zero-order valence-electron chi connectivity index (χ0n) is 13.3. The van der Waals surface area contributed by atoms with E-state index in [1.165, 1.54) is 0 Å². The van der Waals surface area contributed by atoms with Crippen molar-refractivity contribution in [2.45, 2.75) is 6.61 Å². The third-order valence-electron chi connectivity index (χ3n) is 3.57. The first-order valence-electron chi connectivity index (χ1n) is 7.63. The van der Waals surface area contributed by atoms with Crippen LogP contribution in [-0.2, 0) is 11.4 Å². The van der Waals surface area contributed by atoms with Crippen molar-refractivity contribution in [3.63, 3.8) is 0 Å². The maximum atomic E-state index is 12.3. The molecule has 2 aromatic rings. The molecule has 0 aliphatic carbocycles. The van der Waals surface area contributed by atoms with Gasteiger partial charge in [0.1, 0.15) is 12.4 Å². The lowest BCUT2D eigenvalue weighted by atomic mass is 10.1. The number of carbonyl (C=O) groups excluding carboxylic acids is 2. The first-order valence-corrected chi connectivity index (χ1v) is 8.45. The molecule has 0 atom stereocenters. The summed E-state index contributed by atoms with van der Waals surface area (Å²) in [6.45, 7) is 0.401. The zero-order valence-corrected chi connectivity index (χ0v) is 14.2. The standard InChI is InChI=1S/C20H15NO3S/c1-2-12-21-19(22)18(25-20(21)23)13-16-10-6-7-11-17(16)24-14-15-8-4-3-5-9-15/h1,3-11,13H,12,14H2/b18-13+. The molecule has 4 nitrogen and oxygen atoms in total. The van der Waals surface area contributed by atoms with E-state index in [1.807, 2.05) is 54.6 Å². The second kappa shape index (κ2) is 7.73. The Bertz CT molecular complexity index is 868. The van der Waals surface area contributed by atoms with Gasteiger partial charge in [0.25, 0.3) is 11.1 Å². The van der Waals surface area contributed by atoms with Crippen molar-refractivity contribution in [1.82, 2.24) is 4.90 Å². The number of benzene rings is 2. The molecule has 0 radical (unpaired) electrons. The summed E-state index contributed by atoms with van der Waals surface area (Å²) in [6, 6.07) is 17.2. The molecule has 0 N–H and O–H groups in total. The second-order valence-corrected chi connectivity index (χ2v) is 6.28. The van der Waals surface area contributed by atoms with E-state index in [9.17, 15) is 9.59 Å². The van der Waals surface area contributed by atoms with Crippen molar-refractivity contribution < 1.29 is 14.3 Å². The lowest BCUT2D eigenvalue weighted by Gasteiger charge is -2.10. The van der Waals surface area contributed by atoms with Gasteiger partial charge in [-0.05, 0) is 29.5 Å². The van der Waals surface area contributed by atoms with Gasteiger partial charge < -0.3 is 4.74 Å². The van der Waals surface area contributed by atoms with Gasteiger partial charge in [0.2, 0.25) is 0 Å². The number of imide groups is 1. The average molecular weight is 349 g/mol. The Hall–Kier alpha value is -2.97. The van der Waals surface area contributed by atoms with E-state index in [0.29, 0.717) is 17.3 Å². The average Bonchev–Trinajstić information content (AvgIpc) is 2.90. The van der Waals surface area contributed by atoms with E-state index >= 15 is 0 Å². The van der Waals surface area contributed by atoms with Crippen LogP contribution in [0.3, 0.4) is 0 Å². The summed E-state index contributed by atoms with van der Waals surface area (Å²) in [5.41, 5.74) is 1.79. The van der Waals surface area contributed by atoms with Crippen LogP contribution in [-0.4, -0.2) is 22.6 Å². The molecule has 0 bridgehead atoms. The molecule has 1 saturated heterocycles. The van der Waals surface area contributed by atoms with Gasteiger partial charge in [-0.25, -0.2) is 0 Å². The predicted molar refractivity (Wildman–Crippen MR) is 98.7 cm³/mol. The smallest absolute Gasteiger partial charge is 0.294 e. The number of ether oxygens (including phenoxy) is 1. The van der Waals surface area contributed by atoms with E-state index in [0.717, 1.165) is 27.8 Å². The Balaban J connectivity index is 1.80. The number of thioether (sulfide) groups is 1. The van der Waals surface area contributed by atoms with Crippen LogP contribution < -0.4 is 4.74 Å². The number of terminal acetylenes is 1. The van der Waals surface area contributed by atoms with Gasteiger partial charge in [-0.1, -0.05) is 54.5 Å². The van der Waals surface area contributed by atoms with Crippen LogP contribution in [0.15, 0.2) is 59.5 Å². The predicted octanol–water partition coefficient (Wildman–Crippen LogP) is 3.94. The van der Waals surface area contributed by atoms with Crippen LogP contribution in [0.5, 0.6) is 5.75 Å². The van der Waals surface area contributed by atoms with Gasteiger partial charge in [-0.15, -0.1) is 6.42 Å². The summed E-state index contributed by atoms with van der Waals surface area (Å²) < 4.78 is 5.87. The van der Waals surface area contributed by atoms with Crippen molar-refractivity contribution in [1.29, 1.82) is 0 Å². The van der Waals surface area contributed by atoms with Crippen molar-refractivity contribution in [2.75, 3.05) is 6.54 Å². The fourth-order valence-electron chi connectivity index (χ4n) is 2.34. The van der Waals surface area contributed by atoms with E-state index in [1.54, 1.807) is 6.08 Å². The first kappa shape index (κ1) is 16.9. The Labute approximate surface area is 150 Å². The highest BCUT2D eigenvalue weighted by molar-refractivity contribution is 8.18. The van der Waals surface area contributed by atoms with Crippen LogP contribution in [0, 0.1) is 12.3 Å². The lowest BCUT2D eigenvalue weighted by molar-refractivity contribution is -0.122. The van der Waals surface area contributed by atoms with Gasteiger partial charge >= 0.3 is 0 Å². The number of para-hydroxylation sites is 1. The Morgan fingerprint density at radius 1 is 1.08 bits per heavy atom. The van der Waals surface area contributed by atoms with E-state index in [4.69, 9.17) is 11.2 Å². The third-order valence-corrected chi connectivity index (χ3v) is 4.47. The Morgan fingerprint density at radius 3 is 2.56 bits per heavy atom. The molecular formula is C20H15NO3S. The number of hydrogen-bond donors (Lipinski definition) is 0. The molecule has 2 aromatic carbocycles. The normalized spacial score (nSPS) is 15.5. The van der Waals surface area contributed by atoms with E-state index in [-0.39, 0.29) is 17.7 Å². The van der Waals surface area contributed by atoms with Crippen molar-refractivity contribution >= 4 is 29.0 Å². The maximum absolute atomic E-state index is 12.3. The lowest BCUT2D eigenvalue weighted by Crippen LogP contribution is -2.28. The molecule has 124 valence electrons. The van der Waals surface area contributed by atoms with E-state index < -0.39 is 0 Å². The number of amides is 2. The SMILES string of the molecule is C#CCN1C(=O)S/C(=C/c2ccccc2OCc2ccccc2)C1=O. The molecule has 1 aliphatic heterocycles. The largest absolute Gasteiger partial charge is 0.488 e. The van der Waals surface area contributed by atoms with Crippen molar-refractivity contribution in [2.24, 2.45) is 0 Å². The van der Waals surface area contributed by atoms with Crippen molar-refractivity contribution in [3.05, 3.63) is 70.6 Å². The topological polar surface area (TPSA) is 46.6 Å². The monoisotopic (exact) mass is 349 g/mol. The van der Waals surface area contributed by atoms with Crippen LogP contribution >= 0.6 is 11.8 Å².